The molecule has 0 amide bonds. The fourth-order valence-corrected chi connectivity index (χ4v) is 1.46. The molecule has 0 radical (unpaired) electrons. The van der Waals surface area contributed by atoms with E-state index >= 15 is 0 Å². The zero-order chi connectivity index (χ0) is 11.3. The summed E-state index contributed by atoms with van der Waals surface area (Å²) >= 11 is 0. The summed E-state index contributed by atoms with van der Waals surface area (Å²) < 4.78 is 2.26. The molecule has 0 saturated carbocycles. The molecule has 1 aromatic rings. The maximum Gasteiger partial charge on any atom is 0.0948 e. The minimum absolute atomic E-state index is 0.349. The summed E-state index contributed by atoms with van der Waals surface area (Å²) in [4.78, 5) is 4.22. The number of aromatic nitrogens is 2. The molecule has 3 nitrogen and oxygen atoms in total. The number of rotatable bonds is 6. The van der Waals surface area contributed by atoms with Gasteiger partial charge >= 0.3 is 0 Å². The SMILES string of the molecule is CCNCc1cncn1CC(C)(C)CC. The molecular formula is C12H23N3. The number of nitrogens with zero attached hydrogens (tertiary/aromatic N) is 2. The molecule has 0 aliphatic heterocycles. The van der Waals surface area contributed by atoms with Crippen LogP contribution in [0, 0.1) is 5.41 Å². The highest BCUT2D eigenvalue weighted by molar-refractivity contribution is 4.98. The van der Waals surface area contributed by atoms with E-state index in [2.05, 4.69) is 42.6 Å². The zero-order valence-electron chi connectivity index (χ0n) is 10.4. The van der Waals surface area contributed by atoms with Crippen LogP contribution < -0.4 is 5.32 Å². The molecule has 86 valence electrons. The van der Waals surface area contributed by atoms with Crippen LogP contribution in [0.4, 0.5) is 0 Å². The van der Waals surface area contributed by atoms with Gasteiger partial charge in [0.1, 0.15) is 0 Å². The smallest absolute Gasteiger partial charge is 0.0948 e. The van der Waals surface area contributed by atoms with Crippen LogP contribution in [0.1, 0.15) is 39.8 Å². The topological polar surface area (TPSA) is 29.9 Å². The normalized spacial score (nSPS) is 12.0. The Bertz CT molecular complexity index is 289. The van der Waals surface area contributed by atoms with Crippen LogP contribution in [0.15, 0.2) is 12.5 Å². The molecule has 1 aromatic heterocycles. The number of nitrogens with one attached hydrogen (secondary N) is 1. The van der Waals surface area contributed by atoms with E-state index in [1.54, 1.807) is 0 Å². The Morgan fingerprint density at radius 2 is 2.13 bits per heavy atom. The summed E-state index contributed by atoms with van der Waals surface area (Å²) in [5.41, 5.74) is 1.63. The molecule has 0 spiro atoms. The summed E-state index contributed by atoms with van der Waals surface area (Å²) in [5.74, 6) is 0. The second-order valence-electron chi connectivity index (χ2n) is 4.81. The fraction of sp³-hybridized carbons (Fsp3) is 0.750. The molecule has 1 rings (SSSR count). The summed E-state index contributed by atoms with van der Waals surface area (Å²) in [6, 6.07) is 0. The van der Waals surface area contributed by atoms with Crippen molar-refractivity contribution in [3.63, 3.8) is 0 Å². The lowest BCUT2D eigenvalue weighted by Crippen LogP contribution is -2.22. The molecule has 0 unspecified atom stereocenters. The Balaban J connectivity index is 2.64. The number of imidazole rings is 1. The average molecular weight is 209 g/mol. The van der Waals surface area contributed by atoms with Crippen LogP contribution >= 0.6 is 0 Å². The fourth-order valence-electron chi connectivity index (χ4n) is 1.46. The van der Waals surface area contributed by atoms with Crippen LogP contribution in [0.3, 0.4) is 0 Å². The highest BCUT2D eigenvalue weighted by atomic mass is 15.1. The van der Waals surface area contributed by atoms with E-state index in [0.29, 0.717) is 5.41 Å². The van der Waals surface area contributed by atoms with Gasteiger partial charge in [-0.25, -0.2) is 4.98 Å². The van der Waals surface area contributed by atoms with Gasteiger partial charge in [-0.3, -0.25) is 0 Å². The van der Waals surface area contributed by atoms with Crippen molar-refractivity contribution in [2.75, 3.05) is 6.54 Å². The van der Waals surface area contributed by atoms with E-state index in [0.717, 1.165) is 19.6 Å². The molecule has 0 aliphatic carbocycles. The van der Waals surface area contributed by atoms with Crippen molar-refractivity contribution in [3.8, 4) is 0 Å². The second-order valence-corrected chi connectivity index (χ2v) is 4.81. The van der Waals surface area contributed by atoms with Gasteiger partial charge in [-0.2, -0.15) is 0 Å². The molecule has 1 N–H and O–H groups in total. The Hall–Kier alpha value is -0.830. The van der Waals surface area contributed by atoms with Crippen LogP contribution in [0.2, 0.25) is 0 Å². The third-order valence-electron chi connectivity index (χ3n) is 2.91. The monoisotopic (exact) mass is 209 g/mol. The Morgan fingerprint density at radius 3 is 2.73 bits per heavy atom. The van der Waals surface area contributed by atoms with Crippen LogP contribution in [0.5, 0.6) is 0 Å². The highest BCUT2D eigenvalue weighted by Crippen LogP contribution is 2.22. The summed E-state index contributed by atoms with van der Waals surface area (Å²) in [5, 5.41) is 3.33. The molecule has 0 fully saturated rings. The lowest BCUT2D eigenvalue weighted by Gasteiger charge is -2.24. The lowest BCUT2D eigenvalue weighted by atomic mass is 9.90. The first-order valence-corrected chi connectivity index (χ1v) is 5.79. The van der Waals surface area contributed by atoms with Gasteiger partial charge in [-0.15, -0.1) is 0 Å². The maximum absolute atomic E-state index is 4.22. The van der Waals surface area contributed by atoms with Crippen molar-refractivity contribution < 1.29 is 0 Å². The standard InChI is InChI=1S/C12H23N3/c1-5-12(3,4)9-15-10-14-8-11(15)7-13-6-2/h8,10,13H,5-7,9H2,1-4H3. The van der Waals surface area contributed by atoms with Crippen LogP contribution in [-0.2, 0) is 13.1 Å². The minimum Gasteiger partial charge on any atom is -0.333 e. The Morgan fingerprint density at radius 1 is 1.40 bits per heavy atom. The third-order valence-corrected chi connectivity index (χ3v) is 2.91. The molecule has 0 saturated heterocycles. The van der Waals surface area contributed by atoms with Gasteiger partial charge in [-0.1, -0.05) is 27.7 Å². The van der Waals surface area contributed by atoms with Crippen LogP contribution in [-0.4, -0.2) is 16.1 Å². The van der Waals surface area contributed by atoms with Crippen molar-refractivity contribution in [2.45, 2.75) is 47.2 Å². The van der Waals surface area contributed by atoms with E-state index in [1.807, 2.05) is 12.5 Å². The van der Waals surface area contributed by atoms with E-state index in [4.69, 9.17) is 0 Å². The van der Waals surface area contributed by atoms with Gasteiger partial charge in [0, 0.05) is 19.3 Å². The Kier molecular flexibility index (Phi) is 4.33. The van der Waals surface area contributed by atoms with E-state index in [9.17, 15) is 0 Å². The van der Waals surface area contributed by atoms with Gasteiger partial charge in [0.15, 0.2) is 0 Å². The van der Waals surface area contributed by atoms with E-state index < -0.39 is 0 Å². The minimum atomic E-state index is 0.349. The first kappa shape index (κ1) is 12.2. The quantitative estimate of drug-likeness (QED) is 0.780. The van der Waals surface area contributed by atoms with Crippen molar-refractivity contribution in [1.82, 2.24) is 14.9 Å². The van der Waals surface area contributed by atoms with Crippen molar-refractivity contribution in [3.05, 3.63) is 18.2 Å². The molecule has 0 bridgehead atoms. The first-order valence-electron chi connectivity index (χ1n) is 5.79. The average Bonchev–Trinajstić information content (AvgIpc) is 2.62. The van der Waals surface area contributed by atoms with E-state index in [1.165, 1.54) is 12.1 Å². The molecule has 15 heavy (non-hydrogen) atoms. The molecule has 0 aliphatic rings. The highest BCUT2D eigenvalue weighted by Gasteiger charge is 2.16. The van der Waals surface area contributed by atoms with Crippen molar-refractivity contribution in [1.29, 1.82) is 0 Å². The molecule has 3 heteroatoms. The number of hydrogen-bond donors (Lipinski definition) is 1. The van der Waals surface area contributed by atoms with Gasteiger partial charge in [0.05, 0.1) is 12.0 Å². The predicted octanol–water partition coefficient (Wildman–Crippen LogP) is 2.43. The number of hydrogen-bond acceptors (Lipinski definition) is 2. The molecule has 0 atom stereocenters. The molecular weight excluding hydrogens is 186 g/mol. The van der Waals surface area contributed by atoms with Gasteiger partial charge < -0.3 is 9.88 Å². The van der Waals surface area contributed by atoms with Crippen molar-refractivity contribution in [2.24, 2.45) is 5.41 Å². The predicted molar refractivity (Wildman–Crippen MR) is 63.7 cm³/mol. The molecule has 1 heterocycles. The largest absolute Gasteiger partial charge is 0.333 e. The summed E-state index contributed by atoms with van der Waals surface area (Å²) in [6.07, 6.45) is 5.07. The summed E-state index contributed by atoms with van der Waals surface area (Å²) in [6.45, 7) is 11.9. The second kappa shape index (κ2) is 5.31. The van der Waals surface area contributed by atoms with Crippen molar-refractivity contribution >= 4 is 0 Å². The Labute approximate surface area is 92.9 Å². The zero-order valence-corrected chi connectivity index (χ0v) is 10.4. The van der Waals surface area contributed by atoms with E-state index in [-0.39, 0.29) is 0 Å². The van der Waals surface area contributed by atoms with Gasteiger partial charge in [-0.05, 0) is 18.4 Å². The van der Waals surface area contributed by atoms with Gasteiger partial charge in [0.2, 0.25) is 0 Å². The van der Waals surface area contributed by atoms with Crippen LogP contribution in [0.25, 0.3) is 0 Å². The maximum atomic E-state index is 4.22. The first-order chi connectivity index (χ1) is 7.09. The third kappa shape index (κ3) is 3.67. The van der Waals surface area contributed by atoms with Gasteiger partial charge in [0.25, 0.3) is 0 Å². The lowest BCUT2D eigenvalue weighted by molar-refractivity contribution is 0.290. The molecule has 0 aromatic carbocycles. The summed E-state index contributed by atoms with van der Waals surface area (Å²) in [7, 11) is 0.